The van der Waals surface area contributed by atoms with Crippen molar-refractivity contribution in [2.24, 2.45) is 0 Å². The Hall–Kier alpha value is -0.960. The van der Waals surface area contributed by atoms with E-state index in [-0.39, 0.29) is 5.41 Å². The molecule has 0 heterocycles. The summed E-state index contributed by atoms with van der Waals surface area (Å²) in [5.41, 5.74) is 1.84. The Morgan fingerprint density at radius 3 is 1.88 bits per heavy atom. The van der Waals surface area contributed by atoms with Gasteiger partial charge in [-0.3, -0.25) is 0 Å². The summed E-state index contributed by atoms with van der Waals surface area (Å²) in [5, 5.41) is 2.63. The molecule has 3 heteroatoms. The molecule has 1 aromatic carbocycles. The van der Waals surface area contributed by atoms with Crippen LogP contribution in [0.2, 0.25) is 0 Å². The Balaban J connectivity index is 2.94. The van der Waals surface area contributed by atoms with Crippen molar-refractivity contribution in [1.29, 1.82) is 0 Å². The minimum absolute atomic E-state index is 0.0541. The maximum absolute atomic E-state index is 12.7. The summed E-state index contributed by atoms with van der Waals surface area (Å²) in [5.74, 6) is 0. The SMILES string of the molecule is CNC(c1ccc(C(C)(C)C)cc1)C(F)F. The Labute approximate surface area is 95.9 Å². The van der Waals surface area contributed by atoms with Crippen molar-refractivity contribution in [2.45, 2.75) is 38.7 Å². The highest BCUT2D eigenvalue weighted by Crippen LogP contribution is 2.25. The van der Waals surface area contributed by atoms with Crippen LogP contribution >= 0.6 is 0 Å². The van der Waals surface area contributed by atoms with E-state index < -0.39 is 12.5 Å². The highest BCUT2D eigenvalue weighted by atomic mass is 19.3. The van der Waals surface area contributed by atoms with E-state index >= 15 is 0 Å². The standard InChI is InChI=1S/C13H19F2N/c1-13(2,3)10-7-5-9(6-8-10)11(16-4)12(14)15/h5-8,11-12,16H,1-4H3. The highest BCUT2D eigenvalue weighted by molar-refractivity contribution is 5.29. The second-order valence-corrected chi connectivity index (χ2v) is 4.97. The largest absolute Gasteiger partial charge is 0.308 e. The van der Waals surface area contributed by atoms with Crippen LogP contribution in [0.4, 0.5) is 8.78 Å². The molecule has 0 radical (unpaired) electrons. The maximum atomic E-state index is 12.7. The number of rotatable bonds is 3. The fraction of sp³-hybridized carbons (Fsp3) is 0.538. The number of nitrogens with one attached hydrogen (secondary N) is 1. The lowest BCUT2D eigenvalue weighted by Crippen LogP contribution is -2.23. The molecule has 0 aromatic heterocycles. The molecule has 0 saturated carbocycles. The molecule has 1 aromatic rings. The van der Waals surface area contributed by atoms with Gasteiger partial charge in [0.05, 0.1) is 6.04 Å². The molecule has 0 aliphatic carbocycles. The van der Waals surface area contributed by atoms with E-state index in [4.69, 9.17) is 0 Å². The zero-order valence-electron chi connectivity index (χ0n) is 10.2. The molecule has 0 amide bonds. The molecule has 0 spiro atoms. The summed E-state index contributed by atoms with van der Waals surface area (Å²) in [6.45, 7) is 6.31. The van der Waals surface area contributed by atoms with Gasteiger partial charge in [-0.15, -0.1) is 0 Å². The van der Waals surface area contributed by atoms with Gasteiger partial charge in [0.1, 0.15) is 0 Å². The van der Waals surface area contributed by atoms with Crippen molar-refractivity contribution in [1.82, 2.24) is 5.32 Å². The quantitative estimate of drug-likeness (QED) is 0.833. The summed E-state index contributed by atoms with van der Waals surface area (Å²) in [4.78, 5) is 0. The number of halogens is 2. The summed E-state index contributed by atoms with van der Waals surface area (Å²) >= 11 is 0. The van der Waals surface area contributed by atoms with E-state index in [1.54, 1.807) is 19.2 Å². The molecule has 1 nitrogen and oxygen atoms in total. The van der Waals surface area contributed by atoms with Crippen LogP contribution in [0.25, 0.3) is 0 Å². The third-order valence-electron chi connectivity index (χ3n) is 2.70. The number of hydrogen-bond donors (Lipinski definition) is 1. The van der Waals surface area contributed by atoms with E-state index in [2.05, 4.69) is 26.1 Å². The van der Waals surface area contributed by atoms with E-state index in [9.17, 15) is 8.78 Å². The molecular formula is C13H19F2N. The van der Waals surface area contributed by atoms with Gasteiger partial charge in [0.25, 0.3) is 6.43 Å². The topological polar surface area (TPSA) is 12.0 Å². The molecule has 1 unspecified atom stereocenters. The fourth-order valence-electron chi connectivity index (χ4n) is 1.63. The van der Waals surface area contributed by atoms with Crippen LogP contribution in [-0.2, 0) is 5.41 Å². The average molecular weight is 227 g/mol. The van der Waals surface area contributed by atoms with Crippen LogP contribution in [0.15, 0.2) is 24.3 Å². The predicted molar refractivity (Wildman–Crippen MR) is 62.9 cm³/mol. The molecular weight excluding hydrogens is 208 g/mol. The predicted octanol–water partition coefficient (Wildman–Crippen LogP) is 3.51. The lowest BCUT2D eigenvalue weighted by atomic mass is 9.86. The molecule has 1 atom stereocenters. The van der Waals surface area contributed by atoms with Gasteiger partial charge in [0, 0.05) is 0 Å². The summed E-state index contributed by atoms with van der Waals surface area (Å²) < 4.78 is 25.3. The summed E-state index contributed by atoms with van der Waals surface area (Å²) in [6.07, 6.45) is -2.38. The van der Waals surface area contributed by atoms with Crippen molar-refractivity contribution in [3.63, 3.8) is 0 Å². The van der Waals surface area contributed by atoms with Crippen LogP contribution in [0, 0.1) is 0 Å². The highest BCUT2D eigenvalue weighted by Gasteiger charge is 2.21. The van der Waals surface area contributed by atoms with Crippen LogP contribution in [0.3, 0.4) is 0 Å². The molecule has 1 N–H and O–H groups in total. The molecule has 0 aliphatic heterocycles. The van der Waals surface area contributed by atoms with E-state index in [1.165, 1.54) is 0 Å². The fourth-order valence-corrected chi connectivity index (χ4v) is 1.63. The normalized spacial score (nSPS) is 14.2. The zero-order valence-corrected chi connectivity index (χ0v) is 10.2. The minimum atomic E-state index is -2.38. The van der Waals surface area contributed by atoms with Gasteiger partial charge >= 0.3 is 0 Å². The van der Waals surface area contributed by atoms with Gasteiger partial charge < -0.3 is 5.32 Å². The molecule has 90 valence electrons. The number of hydrogen-bond acceptors (Lipinski definition) is 1. The maximum Gasteiger partial charge on any atom is 0.257 e. The summed E-state index contributed by atoms with van der Waals surface area (Å²) in [7, 11) is 1.55. The molecule has 0 fully saturated rings. The Morgan fingerprint density at radius 1 is 1.06 bits per heavy atom. The molecule has 16 heavy (non-hydrogen) atoms. The van der Waals surface area contributed by atoms with Crippen LogP contribution < -0.4 is 5.32 Å². The van der Waals surface area contributed by atoms with Crippen LogP contribution in [0.1, 0.15) is 37.9 Å². The second-order valence-electron chi connectivity index (χ2n) is 4.97. The summed E-state index contributed by atoms with van der Waals surface area (Å²) in [6, 6.07) is 6.50. The zero-order chi connectivity index (χ0) is 12.3. The molecule has 0 aliphatic rings. The number of benzene rings is 1. The van der Waals surface area contributed by atoms with Crippen molar-refractivity contribution >= 4 is 0 Å². The molecule has 0 saturated heterocycles. The van der Waals surface area contributed by atoms with E-state index in [1.807, 2.05) is 12.1 Å². The third-order valence-corrected chi connectivity index (χ3v) is 2.70. The van der Waals surface area contributed by atoms with Crippen LogP contribution in [0.5, 0.6) is 0 Å². The van der Waals surface area contributed by atoms with Crippen molar-refractivity contribution in [3.05, 3.63) is 35.4 Å². The number of alkyl halides is 2. The van der Waals surface area contributed by atoms with E-state index in [0.29, 0.717) is 5.56 Å². The average Bonchev–Trinajstić information content (AvgIpc) is 2.17. The van der Waals surface area contributed by atoms with Gasteiger partial charge in [-0.2, -0.15) is 0 Å². The molecule has 1 rings (SSSR count). The monoisotopic (exact) mass is 227 g/mol. The Kier molecular flexibility index (Phi) is 4.03. The van der Waals surface area contributed by atoms with Crippen LogP contribution in [-0.4, -0.2) is 13.5 Å². The first-order chi connectivity index (χ1) is 7.36. The minimum Gasteiger partial charge on any atom is -0.308 e. The van der Waals surface area contributed by atoms with Crippen molar-refractivity contribution in [3.8, 4) is 0 Å². The first-order valence-electron chi connectivity index (χ1n) is 5.42. The van der Waals surface area contributed by atoms with E-state index in [0.717, 1.165) is 5.56 Å². The lowest BCUT2D eigenvalue weighted by Gasteiger charge is -2.21. The first-order valence-corrected chi connectivity index (χ1v) is 5.42. The van der Waals surface area contributed by atoms with Gasteiger partial charge in [-0.25, -0.2) is 8.78 Å². The lowest BCUT2D eigenvalue weighted by molar-refractivity contribution is 0.102. The smallest absolute Gasteiger partial charge is 0.257 e. The van der Waals surface area contributed by atoms with Gasteiger partial charge in [-0.1, -0.05) is 45.0 Å². The third kappa shape index (κ3) is 3.01. The molecule has 0 bridgehead atoms. The van der Waals surface area contributed by atoms with Crippen molar-refractivity contribution < 1.29 is 8.78 Å². The van der Waals surface area contributed by atoms with Gasteiger partial charge in [0.2, 0.25) is 0 Å². The Bertz CT molecular complexity index is 325. The first kappa shape index (κ1) is 13.1. The van der Waals surface area contributed by atoms with Gasteiger partial charge in [0.15, 0.2) is 0 Å². The second kappa shape index (κ2) is 4.91. The van der Waals surface area contributed by atoms with Gasteiger partial charge in [-0.05, 0) is 23.6 Å². The van der Waals surface area contributed by atoms with Crippen molar-refractivity contribution in [2.75, 3.05) is 7.05 Å². The Morgan fingerprint density at radius 2 is 1.56 bits per heavy atom.